The molecule has 0 spiro atoms. The van der Waals surface area contributed by atoms with Crippen LogP contribution in [-0.2, 0) is 4.79 Å². The molecule has 94 valence electrons. The second kappa shape index (κ2) is 9.00. The van der Waals surface area contributed by atoms with Gasteiger partial charge in [0, 0.05) is 6.54 Å². The predicted octanol–water partition coefficient (Wildman–Crippen LogP) is 1.73. The Morgan fingerprint density at radius 1 is 1.19 bits per heavy atom. The number of hydrogen-bond donors (Lipinski definition) is 3. The first-order valence-corrected chi connectivity index (χ1v) is 5.89. The van der Waals surface area contributed by atoms with E-state index in [-0.39, 0.29) is 0 Å². The molecule has 1 atom stereocenters. The summed E-state index contributed by atoms with van der Waals surface area (Å²) in [5, 5.41) is 14.0. The van der Waals surface area contributed by atoms with Crippen LogP contribution in [-0.4, -0.2) is 29.7 Å². The largest absolute Gasteiger partial charge is 0.480 e. The molecular formula is C11H22N2O3. The van der Waals surface area contributed by atoms with Crippen molar-refractivity contribution < 1.29 is 14.7 Å². The Morgan fingerprint density at radius 3 is 2.31 bits per heavy atom. The first-order chi connectivity index (χ1) is 7.61. The van der Waals surface area contributed by atoms with E-state index in [2.05, 4.69) is 10.6 Å². The van der Waals surface area contributed by atoms with E-state index in [1.54, 1.807) is 0 Å². The van der Waals surface area contributed by atoms with Crippen molar-refractivity contribution in [2.24, 2.45) is 0 Å². The number of unbranched alkanes of at least 4 members (excludes halogenated alkanes) is 2. The van der Waals surface area contributed by atoms with Crippen molar-refractivity contribution in [3.05, 3.63) is 0 Å². The maximum absolute atomic E-state index is 11.3. The van der Waals surface area contributed by atoms with Gasteiger partial charge in [-0.25, -0.2) is 9.59 Å². The molecule has 0 saturated carbocycles. The first-order valence-electron chi connectivity index (χ1n) is 5.89. The number of hydrogen-bond acceptors (Lipinski definition) is 2. The van der Waals surface area contributed by atoms with Crippen LogP contribution in [0.15, 0.2) is 0 Å². The minimum absolute atomic E-state index is 0.392. The molecule has 16 heavy (non-hydrogen) atoms. The van der Waals surface area contributed by atoms with Crippen LogP contribution < -0.4 is 10.6 Å². The summed E-state index contributed by atoms with van der Waals surface area (Å²) in [6, 6.07) is -1.17. The van der Waals surface area contributed by atoms with Gasteiger partial charge in [-0.05, 0) is 12.8 Å². The average molecular weight is 230 g/mol. The molecule has 0 bridgehead atoms. The number of nitrogens with one attached hydrogen (secondary N) is 2. The van der Waals surface area contributed by atoms with Gasteiger partial charge in [0.05, 0.1) is 0 Å². The molecule has 0 aromatic heterocycles. The van der Waals surface area contributed by atoms with Crippen molar-refractivity contribution in [3.8, 4) is 0 Å². The third kappa shape index (κ3) is 7.09. The highest BCUT2D eigenvalue weighted by molar-refractivity contribution is 5.82. The molecule has 0 saturated heterocycles. The number of amides is 2. The van der Waals surface area contributed by atoms with Crippen molar-refractivity contribution >= 4 is 12.0 Å². The van der Waals surface area contributed by atoms with E-state index in [0.717, 1.165) is 25.7 Å². The Bertz CT molecular complexity index is 219. The lowest BCUT2D eigenvalue weighted by Gasteiger charge is -2.14. The summed E-state index contributed by atoms with van der Waals surface area (Å²) in [7, 11) is 0. The van der Waals surface area contributed by atoms with Crippen LogP contribution in [0.1, 0.15) is 46.0 Å². The van der Waals surface area contributed by atoms with Crippen molar-refractivity contribution in [1.82, 2.24) is 10.6 Å². The highest BCUT2D eigenvalue weighted by Gasteiger charge is 2.18. The van der Waals surface area contributed by atoms with Gasteiger partial charge in [-0.15, -0.1) is 0 Å². The summed E-state index contributed by atoms with van der Waals surface area (Å²) in [6.07, 6.45) is 4.10. The van der Waals surface area contributed by atoms with Gasteiger partial charge in [0.1, 0.15) is 6.04 Å². The number of carbonyl (C=O) groups excluding carboxylic acids is 1. The number of carboxylic acids is 1. The Morgan fingerprint density at radius 2 is 1.81 bits per heavy atom. The van der Waals surface area contributed by atoms with E-state index in [1.165, 1.54) is 0 Å². The minimum atomic E-state index is -0.973. The molecule has 3 N–H and O–H groups in total. The van der Waals surface area contributed by atoms with E-state index in [9.17, 15) is 9.59 Å². The maximum Gasteiger partial charge on any atom is 0.326 e. The quantitative estimate of drug-likeness (QED) is 0.556. The molecule has 0 aliphatic rings. The molecule has 0 radical (unpaired) electrons. The standard InChI is InChI=1S/C11H22N2O3/c1-3-5-7-9(10(14)15)13-11(16)12-8-6-4-2/h9H,3-8H2,1-2H3,(H,14,15)(H2,12,13,16)/t9-/m0/s1. The van der Waals surface area contributed by atoms with E-state index in [0.29, 0.717) is 13.0 Å². The summed E-state index contributed by atoms with van der Waals surface area (Å²) < 4.78 is 0. The highest BCUT2D eigenvalue weighted by Crippen LogP contribution is 2.00. The van der Waals surface area contributed by atoms with E-state index >= 15 is 0 Å². The van der Waals surface area contributed by atoms with Crippen LogP contribution in [0.4, 0.5) is 4.79 Å². The Kier molecular flexibility index (Phi) is 8.29. The molecule has 5 heteroatoms. The second-order valence-electron chi connectivity index (χ2n) is 3.79. The molecule has 2 amide bonds. The third-order valence-electron chi connectivity index (χ3n) is 2.27. The van der Waals surface area contributed by atoms with Crippen molar-refractivity contribution in [2.45, 2.75) is 52.0 Å². The fourth-order valence-electron chi connectivity index (χ4n) is 1.25. The first kappa shape index (κ1) is 14.7. The van der Waals surface area contributed by atoms with Crippen molar-refractivity contribution in [1.29, 1.82) is 0 Å². The normalized spacial score (nSPS) is 11.9. The Labute approximate surface area is 96.6 Å². The lowest BCUT2D eigenvalue weighted by atomic mass is 10.1. The van der Waals surface area contributed by atoms with E-state index in [4.69, 9.17) is 5.11 Å². The zero-order chi connectivity index (χ0) is 12.4. The average Bonchev–Trinajstić information content (AvgIpc) is 2.24. The fourth-order valence-corrected chi connectivity index (χ4v) is 1.25. The molecule has 0 aliphatic carbocycles. The zero-order valence-corrected chi connectivity index (χ0v) is 10.1. The van der Waals surface area contributed by atoms with E-state index in [1.807, 2.05) is 13.8 Å². The molecule has 0 rings (SSSR count). The van der Waals surface area contributed by atoms with Gasteiger partial charge in [-0.2, -0.15) is 0 Å². The summed E-state index contributed by atoms with van der Waals surface area (Å²) in [5.74, 6) is -0.973. The third-order valence-corrected chi connectivity index (χ3v) is 2.27. The minimum Gasteiger partial charge on any atom is -0.480 e. The molecule has 0 unspecified atom stereocenters. The Hall–Kier alpha value is -1.26. The lowest BCUT2D eigenvalue weighted by molar-refractivity contribution is -0.139. The van der Waals surface area contributed by atoms with Gasteiger partial charge in [-0.1, -0.05) is 33.1 Å². The van der Waals surface area contributed by atoms with Crippen LogP contribution in [0.25, 0.3) is 0 Å². The van der Waals surface area contributed by atoms with Gasteiger partial charge in [0.2, 0.25) is 0 Å². The zero-order valence-electron chi connectivity index (χ0n) is 10.1. The van der Waals surface area contributed by atoms with Crippen LogP contribution in [0.3, 0.4) is 0 Å². The maximum atomic E-state index is 11.3. The molecule has 5 nitrogen and oxygen atoms in total. The molecule has 0 heterocycles. The predicted molar refractivity (Wildman–Crippen MR) is 62.4 cm³/mol. The van der Waals surface area contributed by atoms with Crippen molar-refractivity contribution in [2.75, 3.05) is 6.54 Å². The van der Waals surface area contributed by atoms with Crippen molar-refractivity contribution in [3.63, 3.8) is 0 Å². The molecular weight excluding hydrogens is 208 g/mol. The highest BCUT2D eigenvalue weighted by atomic mass is 16.4. The SMILES string of the molecule is CCCCNC(=O)N[C@@H](CCCC)C(=O)O. The molecule has 0 aromatic carbocycles. The number of urea groups is 1. The lowest BCUT2D eigenvalue weighted by Crippen LogP contribution is -2.46. The monoisotopic (exact) mass is 230 g/mol. The summed E-state index contributed by atoms with van der Waals surface area (Å²) in [4.78, 5) is 22.1. The smallest absolute Gasteiger partial charge is 0.326 e. The van der Waals surface area contributed by atoms with Crippen LogP contribution in [0.2, 0.25) is 0 Å². The fraction of sp³-hybridized carbons (Fsp3) is 0.818. The molecule has 0 aromatic rings. The Balaban J connectivity index is 3.88. The molecule has 0 aliphatic heterocycles. The number of rotatable bonds is 8. The van der Waals surface area contributed by atoms with Gasteiger partial charge in [0.25, 0.3) is 0 Å². The topological polar surface area (TPSA) is 78.4 Å². The summed E-state index contributed by atoms with van der Waals surface area (Å²) >= 11 is 0. The van der Waals surface area contributed by atoms with Gasteiger partial charge >= 0.3 is 12.0 Å². The summed E-state index contributed by atoms with van der Waals surface area (Å²) in [6.45, 7) is 4.60. The number of carboxylic acid groups (broad SMARTS) is 1. The second-order valence-corrected chi connectivity index (χ2v) is 3.79. The van der Waals surface area contributed by atoms with Crippen LogP contribution in [0.5, 0.6) is 0 Å². The van der Waals surface area contributed by atoms with Crippen LogP contribution in [0, 0.1) is 0 Å². The number of carbonyl (C=O) groups is 2. The van der Waals surface area contributed by atoms with E-state index < -0.39 is 18.0 Å². The summed E-state index contributed by atoms with van der Waals surface area (Å²) in [5.41, 5.74) is 0. The van der Waals surface area contributed by atoms with Gasteiger partial charge in [0.15, 0.2) is 0 Å². The van der Waals surface area contributed by atoms with Gasteiger partial charge in [-0.3, -0.25) is 0 Å². The van der Waals surface area contributed by atoms with Gasteiger partial charge < -0.3 is 15.7 Å². The molecule has 0 fully saturated rings. The number of aliphatic carboxylic acids is 1. The van der Waals surface area contributed by atoms with Crippen LogP contribution >= 0.6 is 0 Å².